The third-order valence-corrected chi connectivity index (χ3v) is 3.53. The number of hydrogen-bond acceptors (Lipinski definition) is 4. The second-order valence-electron chi connectivity index (χ2n) is 5.29. The number of benzene rings is 2. The van der Waals surface area contributed by atoms with Crippen molar-refractivity contribution in [3.63, 3.8) is 0 Å². The van der Waals surface area contributed by atoms with E-state index in [1.54, 1.807) is 13.0 Å². The maximum Gasteiger partial charge on any atom is 0.273 e. The van der Waals surface area contributed by atoms with E-state index in [4.69, 9.17) is 0 Å². The average Bonchev–Trinajstić information content (AvgIpc) is 2.59. The second-order valence-corrected chi connectivity index (χ2v) is 5.29. The van der Waals surface area contributed by atoms with Crippen molar-refractivity contribution in [1.29, 1.82) is 0 Å². The Hall–Kier alpha value is -3.08. The van der Waals surface area contributed by atoms with E-state index < -0.39 is 0 Å². The number of carbonyl (C=O) groups is 1. The Morgan fingerprint density at radius 3 is 2.61 bits per heavy atom. The molecule has 0 saturated heterocycles. The first kappa shape index (κ1) is 14.8. The molecule has 1 heterocycles. The highest BCUT2D eigenvalue weighted by atomic mass is 16.2. The van der Waals surface area contributed by atoms with E-state index in [2.05, 4.69) is 38.9 Å². The Morgan fingerprint density at radius 1 is 1.04 bits per heavy atom. The molecule has 0 radical (unpaired) electrons. The predicted octanol–water partition coefficient (Wildman–Crippen LogP) is 3.09. The minimum atomic E-state index is -0.303. The summed E-state index contributed by atoms with van der Waals surface area (Å²) >= 11 is 0. The standard InChI is InChI=1S/C18H16N4O/c1-12-9-17(11-19-20-12)18(23)22-21-13(2)15-8-7-14-5-3-4-6-16(14)10-15/h3-11H,1-2H3,(H,22,23). The van der Waals surface area contributed by atoms with Crippen LogP contribution < -0.4 is 5.43 Å². The molecule has 2 aromatic carbocycles. The largest absolute Gasteiger partial charge is 0.273 e. The van der Waals surface area contributed by atoms with Crippen LogP contribution in [0.3, 0.4) is 0 Å². The Bertz CT molecular complexity index is 902. The molecule has 0 aliphatic carbocycles. The topological polar surface area (TPSA) is 67.2 Å². The van der Waals surface area contributed by atoms with Gasteiger partial charge in [-0.1, -0.05) is 36.4 Å². The molecule has 0 saturated carbocycles. The van der Waals surface area contributed by atoms with Gasteiger partial charge in [0.25, 0.3) is 5.91 Å². The van der Waals surface area contributed by atoms with Crippen LogP contribution in [-0.2, 0) is 0 Å². The number of nitrogens with zero attached hydrogens (tertiary/aromatic N) is 3. The Labute approximate surface area is 134 Å². The van der Waals surface area contributed by atoms with Gasteiger partial charge in [-0.3, -0.25) is 4.79 Å². The van der Waals surface area contributed by atoms with Crippen LogP contribution in [0.25, 0.3) is 10.8 Å². The SMILES string of the molecule is CC(=NNC(=O)c1cnnc(C)c1)c1ccc2ccccc2c1. The molecule has 0 atom stereocenters. The zero-order valence-corrected chi connectivity index (χ0v) is 12.9. The van der Waals surface area contributed by atoms with E-state index in [0.717, 1.165) is 16.7 Å². The third-order valence-electron chi connectivity index (χ3n) is 3.53. The van der Waals surface area contributed by atoms with Gasteiger partial charge in [-0.25, -0.2) is 5.43 Å². The molecule has 3 aromatic rings. The van der Waals surface area contributed by atoms with E-state index in [9.17, 15) is 4.79 Å². The quantitative estimate of drug-likeness (QED) is 0.597. The van der Waals surface area contributed by atoms with E-state index >= 15 is 0 Å². The molecule has 0 aliphatic rings. The third kappa shape index (κ3) is 3.40. The van der Waals surface area contributed by atoms with Crippen molar-refractivity contribution in [2.45, 2.75) is 13.8 Å². The number of fused-ring (bicyclic) bond motifs is 1. The maximum absolute atomic E-state index is 12.1. The van der Waals surface area contributed by atoms with E-state index in [1.807, 2.05) is 31.2 Å². The summed E-state index contributed by atoms with van der Waals surface area (Å²) in [7, 11) is 0. The van der Waals surface area contributed by atoms with E-state index in [-0.39, 0.29) is 5.91 Å². The fraction of sp³-hybridized carbons (Fsp3) is 0.111. The first-order valence-corrected chi connectivity index (χ1v) is 7.26. The molecule has 0 bridgehead atoms. The van der Waals surface area contributed by atoms with E-state index in [0.29, 0.717) is 11.3 Å². The monoisotopic (exact) mass is 304 g/mol. The normalized spacial score (nSPS) is 11.5. The molecule has 5 nitrogen and oxygen atoms in total. The highest BCUT2D eigenvalue weighted by Gasteiger charge is 2.06. The lowest BCUT2D eigenvalue weighted by Crippen LogP contribution is -2.19. The molecule has 1 aromatic heterocycles. The van der Waals surface area contributed by atoms with Gasteiger partial charge in [-0.05, 0) is 42.3 Å². The Morgan fingerprint density at radius 2 is 1.83 bits per heavy atom. The van der Waals surface area contributed by atoms with Crippen LogP contribution in [0.15, 0.2) is 59.8 Å². The molecule has 0 spiro atoms. The highest BCUT2D eigenvalue weighted by Crippen LogP contribution is 2.16. The van der Waals surface area contributed by atoms with Gasteiger partial charge in [0, 0.05) is 0 Å². The fourth-order valence-electron chi connectivity index (χ4n) is 2.28. The zero-order valence-electron chi connectivity index (χ0n) is 12.9. The van der Waals surface area contributed by atoms with Crippen molar-refractivity contribution in [3.8, 4) is 0 Å². The van der Waals surface area contributed by atoms with Crippen molar-refractivity contribution in [3.05, 3.63) is 71.5 Å². The van der Waals surface area contributed by atoms with Crippen LogP contribution in [0, 0.1) is 6.92 Å². The van der Waals surface area contributed by atoms with Gasteiger partial charge < -0.3 is 0 Å². The van der Waals surface area contributed by atoms with Crippen LogP contribution in [0.2, 0.25) is 0 Å². The van der Waals surface area contributed by atoms with Crippen molar-refractivity contribution >= 4 is 22.4 Å². The summed E-state index contributed by atoms with van der Waals surface area (Å²) in [5.74, 6) is -0.303. The molecule has 0 fully saturated rings. The number of nitrogens with one attached hydrogen (secondary N) is 1. The van der Waals surface area contributed by atoms with Crippen molar-refractivity contribution in [2.24, 2.45) is 5.10 Å². The van der Waals surface area contributed by atoms with Crippen LogP contribution >= 0.6 is 0 Å². The second kappa shape index (κ2) is 6.36. The summed E-state index contributed by atoms with van der Waals surface area (Å²) in [5.41, 5.74) is 5.38. The van der Waals surface area contributed by atoms with Crippen LogP contribution in [0.4, 0.5) is 0 Å². The van der Waals surface area contributed by atoms with Crippen LogP contribution in [0.5, 0.6) is 0 Å². The Balaban J connectivity index is 1.79. The smallest absolute Gasteiger partial charge is 0.267 e. The van der Waals surface area contributed by atoms with Crippen molar-refractivity contribution < 1.29 is 4.79 Å². The van der Waals surface area contributed by atoms with Crippen LogP contribution in [-0.4, -0.2) is 21.8 Å². The minimum absolute atomic E-state index is 0.303. The summed E-state index contributed by atoms with van der Waals surface area (Å²) in [6, 6.07) is 15.9. The molecule has 3 rings (SSSR count). The molecule has 0 aliphatic heterocycles. The number of hydrogen-bond donors (Lipinski definition) is 1. The Kier molecular flexibility index (Phi) is 4.10. The fourth-order valence-corrected chi connectivity index (χ4v) is 2.28. The average molecular weight is 304 g/mol. The van der Waals surface area contributed by atoms with Gasteiger partial charge in [0.05, 0.1) is 23.2 Å². The summed E-state index contributed by atoms with van der Waals surface area (Å²) in [4.78, 5) is 12.1. The number of rotatable bonds is 3. The van der Waals surface area contributed by atoms with Gasteiger partial charge in [0.2, 0.25) is 0 Å². The lowest BCUT2D eigenvalue weighted by Gasteiger charge is -2.05. The molecule has 0 unspecified atom stereocenters. The molecule has 1 N–H and O–H groups in total. The minimum Gasteiger partial charge on any atom is -0.267 e. The summed E-state index contributed by atoms with van der Waals surface area (Å²) in [5, 5.41) is 14.1. The number of aryl methyl sites for hydroxylation is 1. The van der Waals surface area contributed by atoms with Gasteiger partial charge in [0.1, 0.15) is 0 Å². The predicted molar refractivity (Wildman–Crippen MR) is 90.4 cm³/mol. The molecular formula is C18H16N4O. The van der Waals surface area contributed by atoms with E-state index in [1.165, 1.54) is 11.6 Å². The molecule has 1 amide bonds. The van der Waals surface area contributed by atoms with Crippen molar-refractivity contribution in [2.75, 3.05) is 0 Å². The maximum atomic E-state index is 12.1. The summed E-state index contributed by atoms with van der Waals surface area (Å²) < 4.78 is 0. The zero-order chi connectivity index (χ0) is 16.2. The lowest BCUT2D eigenvalue weighted by atomic mass is 10.0. The summed E-state index contributed by atoms with van der Waals surface area (Å²) in [6.07, 6.45) is 1.42. The lowest BCUT2D eigenvalue weighted by molar-refractivity contribution is 0.0954. The highest BCUT2D eigenvalue weighted by molar-refractivity contribution is 6.03. The van der Waals surface area contributed by atoms with Gasteiger partial charge in [0.15, 0.2) is 0 Å². The molecule has 23 heavy (non-hydrogen) atoms. The van der Waals surface area contributed by atoms with Crippen molar-refractivity contribution in [1.82, 2.24) is 15.6 Å². The number of amides is 1. The van der Waals surface area contributed by atoms with Gasteiger partial charge >= 0.3 is 0 Å². The van der Waals surface area contributed by atoms with Gasteiger partial charge in [-0.2, -0.15) is 15.3 Å². The molecule has 114 valence electrons. The summed E-state index contributed by atoms with van der Waals surface area (Å²) in [6.45, 7) is 3.65. The number of aromatic nitrogens is 2. The first-order valence-electron chi connectivity index (χ1n) is 7.26. The number of carbonyl (C=O) groups excluding carboxylic acids is 1. The van der Waals surface area contributed by atoms with Crippen LogP contribution in [0.1, 0.15) is 28.5 Å². The molecule has 5 heteroatoms. The molecular weight excluding hydrogens is 288 g/mol. The number of hydrazone groups is 1. The van der Waals surface area contributed by atoms with Gasteiger partial charge in [-0.15, -0.1) is 0 Å². The first-order chi connectivity index (χ1) is 11.1.